The minimum atomic E-state index is -0.492. The molecule has 4 rings (SSSR count). The van der Waals surface area contributed by atoms with E-state index in [1.54, 1.807) is 24.4 Å². The van der Waals surface area contributed by atoms with E-state index in [-0.39, 0.29) is 17.4 Å². The van der Waals surface area contributed by atoms with Crippen molar-refractivity contribution in [1.29, 1.82) is 0 Å². The summed E-state index contributed by atoms with van der Waals surface area (Å²) in [4.78, 5) is 33.8. The molecule has 8 heteroatoms. The van der Waals surface area contributed by atoms with Crippen LogP contribution in [0.4, 0.5) is 22.0 Å². The van der Waals surface area contributed by atoms with Crippen molar-refractivity contribution in [2.45, 2.75) is 45.6 Å². The van der Waals surface area contributed by atoms with Crippen molar-refractivity contribution in [3.63, 3.8) is 0 Å². The Labute approximate surface area is 195 Å². The number of nitrogens with two attached hydrogens (primary N) is 1. The van der Waals surface area contributed by atoms with Gasteiger partial charge in [-0.25, -0.2) is 9.78 Å². The number of pyridine rings is 1. The lowest BCUT2D eigenvalue weighted by Crippen LogP contribution is -2.48. The Balaban J connectivity index is 1.38. The fourth-order valence-electron chi connectivity index (χ4n) is 4.67. The van der Waals surface area contributed by atoms with E-state index >= 15 is 0 Å². The van der Waals surface area contributed by atoms with Crippen LogP contribution >= 0.6 is 0 Å². The Kier molecular flexibility index (Phi) is 6.19. The third-order valence-electron chi connectivity index (χ3n) is 6.29. The molecule has 1 aromatic heterocycles. The van der Waals surface area contributed by atoms with Gasteiger partial charge in [0, 0.05) is 37.8 Å². The molecular formula is C25H33N5O3. The quantitative estimate of drug-likeness (QED) is 0.680. The summed E-state index contributed by atoms with van der Waals surface area (Å²) in [6, 6.07) is 10.8. The summed E-state index contributed by atoms with van der Waals surface area (Å²) < 4.78 is 5.59. The number of nitrogens with zero attached hydrogens (tertiary/aromatic N) is 3. The first kappa shape index (κ1) is 22.9. The molecule has 2 aliphatic rings. The van der Waals surface area contributed by atoms with Crippen LogP contribution in [0.1, 0.15) is 50.4 Å². The Morgan fingerprint density at radius 3 is 2.58 bits per heavy atom. The molecule has 1 spiro atoms. The molecule has 0 aliphatic carbocycles. The van der Waals surface area contributed by atoms with Crippen molar-refractivity contribution in [3.05, 3.63) is 48.2 Å². The summed E-state index contributed by atoms with van der Waals surface area (Å²) in [6.07, 6.45) is 4.43. The third kappa shape index (κ3) is 5.38. The Hall–Kier alpha value is -3.29. The second kappa shape index (κ2) is 8.92. The van der Waals surface area contributed by atoms with Crippen molar-refractivity contribution in [3.8, 4) is 0 Å². The van der Waals surface area contributed by atoms with Gasteiger partial charge in [-0.05, 0) is 64.3 Å². The van der Waals surface area contributed by atoms with Crippen LogP contribution in [0.15, 0.2) is 42.6 Å². The Morgan fingerprint density at radius 1 is 1.09 bits per heavy atom. The number of amides is 2. The molecule has 2 fully saturated rings. The number of aromatic nitrogens is 1. The van der Waals surface area contributed by atoms with E-state index in [1.807, 2.05) is 43.9 Å². The van der Waals surface area contributed by atoms with Crippen LogP contribution < -0.4 is 16.0 Å². The highest BCUT2D eigenvalue weighted by Crippen LogP contribution is 2.40. The van der Waals surface area contributed by atoms with Crippen LogP contribution in [0.3, 0.4) is 0 Å². The zero-order chi connectivity index (χ0) is 23.6. The highest BCUT2D eigenvalue weighted by Gasteiger charge is 2.43. The molecule has 1 aromatic carbocycles. The van der Waals surface area contributed by atoms with Gasteiger partial charge in [-0.15, -0.1) is 0 Å². The molecular weight excluding hydrogens is 418 g/mol. The summed E-state index contributed by atoms with van der Waals surface area (Å²) in [5.74, 6) is 0.599. The second-order valence-electron chi connectivity index (χ2n) is 10.1. The average Bonchev–Trinajstić information content (AvgIpc) is 3.17. The molecule has 2 amide bonds. The molecule has 3 heterocycles. The molecule has 3 N–H and O–H groups in total. The lowest BCUT2D eigenvalue weighted by molar-refractivity contribution is 0.00713. The Bertz CT molecular complexity index is 1020. The minimum Gasteiger partial charge on any atom is -0.444 e. The van der Waals surface area contributed by atoms with Crippen LogP contribution in [0.25, 0.3) is 0 Å². The number of likely N-dealkylation sites (tertiary alicyclic amines) is 1. The smallest absolute Gasteiger partial charge is 0.410 e. The van der Waals surface area contributed by atoms with E-state index in [0.29, 0.717) is 23.5 Å². The molecule has 2 saturated heterocycles. The van der Waals surface area contributed by atoms with Gasteiger partial charge in [-0.1, -0.05) is 12.1 Å². The van der Waals surface area contributed by atoms with Crippen molar-refractivity contribution in [2.75, 3.05) is 42.1 Å². The zero-order valence-corrected chi connectivity index (χ0v) is 19.6. The van der Waals surface area contributed by atoms with Gasteiger partial charge in [-0.3, -0.25) is 4.79 Å². The maximum Gasteiger partial charge on any atom is 0.410 e. The number of rotatable bonds is 3. The lowest BCUT2D eigenvalue weighted by atomic mass is 9.79. The summed E-state index contributed by atoms with van der Waals surface area (Å²) in [5, 5.41) is 2.83. The number of para-hydroxylation sites is 2. The predicted octanol–water partition coefficient (Wildman–Crippen LogP) is 4.14. The largest absolute Gasteiger partial charge is 0.444 e. The molecule has 2 aliphatic heterocycles. The first-order chi connectivity index (χ1) is 15.6. The average molecular weight is 452 g/mol. The van der Waals surface area contributed by atoms with Gasteiger partial charge in [0.05, 0.1) is 16.9 Å². The fraction of sp³-hybridized carbons (Fsp3) is 0.480. The molecule has 2 aromatic rings. The highest BCUT2D eigenvalue weighted by atomic mass is 16.6. The number of carbonyl (C=O) groups is 2. The molecule has 176 valence electrons. The molecule has 0 saturated carbocycles. The standard InChI is InChI=1S/C25H33N5O3/c1-24(2,3)33-23(32)30-13-6-11-25(17-30)12-14-29(16-25)21-10-9-18(15-27-21)22(31)28-20-8-5-4-7-19(20)26/h4-5,7-10,15H,6,11-14,16-17,26H2,1-3H3,(H,28,31). The summed E-state index contributed by atoms with van der Waals surface area (Å²) in [5.41, 5.74) is 7.05. The SMILES string of the molecule is CC(C)(C)OC(=O)N1CCCC2(CCN(c3ccc(C(=O)Nc4ccccc4N)cn3)C2)C1. The summed E-state index contributed by atoms with van der Waals surface area (Å²) in [6.45, 7) is 8.85. The number of nitrogen functional groups attached to an aromatic ring is 1. The van der Waals surface area contributed by atoms with Gasteiger partial charge >= 0.3 is 6.09 Å². The van der Waals surface area contributed by atoms with Crippen molar-refractivity contribution in [2.24, 2.45) is 5.41 Å². The second-order valence-corrected chi connectivity index (χ2v) is 10.1. The monoisotopic (exact) mass is 451 g/mol. The van der Waals surface area contributed by atoms with E-state index in [0.717, 1.165) is 44.7 Å². The number of ether oxygens (including phenoxy) is 1. The van der Waals surface area contributed by atoms with Crippen molar-refractivity contribution >= 4 is 29.2 Å². The summed E-state index contributed by atoms with van der Waals surface area (Å²) in [7, 11) is 0. The fourth-order valence-corrected chi connectivity index (χ4v) is 4.67. The zero-order valence-electron chi connectivity index (χ0n) is 19.6. The first-order valence-corrected chi connectivity index (χ1v) is 11.5. The molecule has 1 atom stereocenters. The first-order valence-electron chi connectivity index (χ1n) is 11.5. The molecule has 1 unspecified atom stereocenters. The topological polar surface area (TPSA) is 101 Å². The van der Waals surface area contributed by atoms with E-state index < -0.39 is 5.60 Å². The van der Waals surface area contributed by atoms with Crippen LogP contribution in [-0.2, 0) is 4.74 Å². The van der Waals surface area contributed by atoms with Crippen LogP contribution in [0.5, 0.6) is 0 Å². The lowest BCUT2D eigenvalue weighted by Gasteiger charge is -2.40. The van der Waals surface area contributed by atoms with Gasteiger partial charge in [0.1, 0.15) is 11.4 Å². The van der Waals surface area contributed by atoms with Crippen molar-refractivity contribution in [1.82, 2.24) is 9.88 Å². The van der Waals surface area contributed by atoms with E-state index in [4.69, 9.17) is 10.5 Å². The third-order valence-corrected chi connectivity index (χ3v) is 6.29. The van der Waals surface area contributed by atoms with Gasteiger partial charge in [-0.2, -0.15) is 0 Å². The van der Waals surface area contributed by atoms with E-state index in [9.17, 15) is 9.59 Å². The van der Waals surface area contributed by atoms with Gasteiger partial charge in [0.15, 0.2) is 0 Å². The molecule has 0 bridgehead atoms. The van der Waals surface area contributed by atoms with Gasteiger partial charge < -0.3 is 25.6 Å². The number of piperidine rings is 1. The molecule has 33 heavy (non-hydrogen) atoms. The number of carbonyl (C=O) groups excluding carboxylic acids is 2. The molecule has 8 nitrogen and oxygen atoms in total. The van der Waals surface area contributed by atoms with E-state index in [2.05, 4.69) is 15.2 Å². The number of benzene rings is 1. The molecule has 0 radical (unpaired) electrons. The highest BCUT2D eigenvalue weighted by molar-refractivity contribution is 6.05. The van der Waals surface area contributed by atoms with Crippen LogP contribution in [0, 0.1) is 5.41 Å². The number of nitrogens with one attached hydrogen (secondary N) is 1. The maximum atomic E-state index is 12.6. The van der Waals surface area contributed by atoms with Gasteiger partial charge in [0.25, 0.3) is 5.91 Å². The van der Waals surface area contributed by atoms with Crippen LogP contribution in [0.2, 0.25) is 0 Å². The van der Waals surface area contributed by atoms with Crippen LogP contribution in [-0.4, -0.2) is 53.7 Å². The number of anilines is 3. The Morgan fingerprint density at radius 2 is 1.88 bits per heavy atom. The van der Waals surface area contributed by atoms with Gasteiger partial charge in [0.2, 0.25) is 0 Å². The minimum absolute atomic E-state index is 0.0533. The van der Waals surface area contributed by atoms with Crippen molar-refractivity contribution < 1.29 is 14.3 Å². The predicted molar refractivity (Wildman–Crippen MR) is 129 cm³/mol. The number of hydrogen-bond donors (Lipinski definition) is 2. The normalized spacial score (nSPS) is 20.7. The maximum absolute atomic E-state index is 12.6. The number of hydrogen-bond acceptors (Lipinski definition) is 6. The van der Waals surface area contributed by atoms with E-state index in [1.165, 1.54) is 0 Å². The summed E-state index contributed by atoms with van der Waals surface area (Å²) >= 11 is 0.